The van der Waals surface area contributed by atoms with Gasteiger partial charge in [-0.05, 0) is 18.8 Å². The third kappa shape index (κ3) is 10.6. The maximum absolute atomic E-state index is 5.95. The molecule has 2 atom stereocenters. The van der Waals surface area contributed by atoms with Gasteiger partial charge in [0.15, 0.2) is 0 Å². The van der Waals surface area contributed by atoms with Gasteiger partial charge in [0.05, 0.1) is 6.61 Å². The molecule has 0 radical (unpaired) electrons. The fourth-order valence-electron chi connectivity index (χ4n) is 1.32. The molecule has 0 amide bonds. The van der Waals surface area contributed by atoms with E-state index >= 15 is 0 Å². The highest BCUT2D eigenvalue weighted by atomic mass is 127. The summed E-state index contributed by atoms with van der Waals surface area (Å²) in [7, 11) is 1.72. The summed E-state index contributed by atoms with van der Waals surface area (Å²) in [4.78, 5) is 0. The number of unbranched alkanes of at least 4 members (excludes halogenated alkanes) is 1. The lowest BCUT2D eigenvalue weighted by Crippen LogP contribution is -2.17. The summed E-state index contributed by atoms with van der Waals surface area (Å²) in [5.41, 5.74) is 5.95. The average molecular weight is 326 g/mol. The van der Waals surface area contributed by atoms with E-state index in [-0.39, 0.29) is 6.04 Å². The van der Waals surface area contributed by atoms with Crippen molar-refractivity contribution in [1.29, 1.82) is 0 Å². The van der Waals surface area contributed by atoms with Crippen LogP contribution in [0.25, 0.3) is 0 Å². The molecular weight excluding hydrogens is 303 g/mol. The van der Waals surface area contributed by atoms with Crippen molar-refractivity contribution in [3.05, 3.63) is 12.2 Å². The Morgan fingerprint density at radius 1 is 1.40 bits per heavy atom. The van der Waals surface area contributed by atoms with Gasteiger partial charge in [-0.15, -0.1) is 0 Å². The average Bonchev–Trinajstić information content (AvgIpc) is 2.22. The maximum Gasteiger partial charge on any atom is 0.0522 e. The van der Waals surface area contributed by atoms with Gasteiger partial charge in [-0.2, -0.15) is 0 Å². The minimum Gasteiger partial charge on any atom is -0.384 e. The predicted octanol–water partition coefficient (Wildman–Crippen LogP) is 2.26. The largest absolute Gasteiger partial charge is 0.384 e. The molecule has 4 heteroatoms. The van der Waals surface area contributed by atoms with Gasteiger partial charge in [-0.3, -0.25) is 3.53 Å². The van der Waals surface area contributed by atoms with E-state index in [0.717, 1.165) is 19.6 Å². The molecule has 0 aliphatic rings. The maximum atomic E-state index is 5.95. The smallest absolute Gasteiger partial charge is 0.0522 e. The van der Waals surface area contributed by atoms with Crippen LogP contribution in [0.2, 0.25) is 0 Å². The Hall–Kier alpha value is 0.350. The van der Waals surface area contributed by atoms with Crippen molar-refractivity contribution in [2.24, 2.45) is 11.7 Å². The predicted molar refractivity (Wildman–Crippen MR) is 74.0 cm³/mol. The van der Waals surface area contributed by atoms with Crippen LogP contribution in [0.4, 0.5) is 0 Å². The van der Waals surface area contributed by atoms with E-state index in [1.54, 1.807) is 7.11 Å². The highest BCUT2D eigenvalue weighted by molar-refractivity contribution is 14.1. The Bertz CT molecular complexity index is 165. The SMILES string of the molecule is COCC(C)/C=C\C(N)CCCCNI. The van der Waals surface area contributed by atoms with Gasteiger partial charge < -0.3 is 10.5 Å². The van der Waals surface area contributed by atoms with E-state index in [1.807, 2.05) is 0 Å². The third-order valence-electron chi connectivity index (χ3n) is 2.18. The van der Waals surface area contributed by atoms with Crippen LogP contribution >= 0.6 is 22.9 Å². The number of hydrogen-bond acceptors (Lipinski definition) is 3. The first-order chi connectivity index (χ1) is 7.20. The first-order valence-electron chi connectivity index (χ1n) is 5.47. The lowest BCUT2D eigenvalue weighted by molar-refractivity contribution is 0.176. The van der Waals surface area contributed by atoms with Crippen LogP contribution in [0.3, 0.4) is 0 Å². The number of nitrogens with two attached hydrogens (primary N) is 1. The fraction of sp³-hybridized carbons (Fsp3) is 0.818. The van der Waals surface area contributed by atoms with Crippen LogP contribution in [0.15, 0.2) is 12.2 Å². The monoisotopic (exact) mass is 326 g/mol. The molecule has 0 fully saturated rings. The molecule has 3 N–H and O–H groups in total. The topological polar surface area (TPSA) is 47.3 Å². The quantitative estimate of drug-likeness (QED) is 0.296. The van der Waals surface area contributed by atoms with E-state index in [4.69, 9.17) is 10.5 Å². The Morgan fingerprint density at radius 3 is 2.73 bits per heavy atom. The van der Waals surface area contributed by atoms with Gasteiger partial charge in [0.25, 0.3) is 0 Å². The van der Waals surface area contributed by atoms with Crippen molar-refractivity contribution >= 4 is 22.9 Å². The van der Waals surface area contributed by atoms with Crippen molar-refractivity contribution in [1.82, 2.24) is 3.53 Å². The molecule has 0 rings (SSSR count). The van der Waals surface area contributed by atoms with Crippen molar-refractivity contribution in [2.75, 3.05) is 20.3 Å². The molecule has 0 heterocycles. The zero-order chi connectivity index (χ0) is 11.5. The van der Waals surface area contributed by atoms with Crippen LogP contribution in [0.1, 0.15) is 26.2 Å². The molecule has 0 aromatic carbocycles. The van der Waals surface area contributed by atoms with E-state index < -0.39 is 0 Å². The number of methoxy groups -OCH3 is 1. The summed E-state index contributed by atoms with van der Waals surface area (Å²) in [6.07, 6.45) is 7.68. The summed E-state index contributed by atoms with van der Waals surface area (Å²) < 4.78 is 8.15. The Labute approximate surface area is 107 Å². The standard InChI is InChI=1S/C11H23IN2O/c1-10(9-15-2)6-7-11(13)5-3-4-8-14-12/h6-7,10-11,14H,3-5,8-9,13H2,1-2H3/b7-6-. The fourth-order valence-corrected chi connectivity index (χ4v) is 1.70. The molecule has 0 saturated carbocycles. The van der Waals surface area contributed by atoms with Crippen molar-refractivity contribution in [2.45, 2.75) is 32.2 Å². The molecule has 0 aromatic heterocycles. The summed E-state index contributed by atoms with van der Waals surface area (Å²) in [5.74, 6) is 0.456. The Morgan fingerprint density at radius 2 is 2.13 bits per heavy atom. The first-order valence-corrected chi connectivity index (χ1v) is 6.55. The lowest BCUT2D eigenvalue weighted by atomic mass is 10.1. The number of rotatable bonds is 9. The molecule has 2 unspecified atom stereocenters. The minimum atomic E-state index is 0.193. The highest BCUT2D eigenvalue weighted by Gasteiger charge is 1.99. The first kappa shape index (κ1) is 15.3. The van der Waals surface area contributed by atoms with Crippen molar-refractivity contribution in [3.8, 4) is 0 Å². The second kappa shape index (κ2) is 10.9. The normalized spacial score (nSPS) is 15.7. The summed E-state index contributed by atoms with van der Waals surface area (Å²) >= 11 is 2.17. The molecule has 0 aromatic rings. The highest BCUT2D eigenvalue weighted by Crippen LogP contribution is 2.03. The van der Waals surface area contributed by atoms with Gasteiger partial charge in [0.2, 0.25) is 0 Å². The van der Waals surface area contributed by atoms with Crippen LogP contribution < -0.4 is 9.26 Å². The second-order valence-corrected chi connectivity index (χ2v) is 4.62. The molecule has 0 bridgehead atoms. The number of nitrogens with one attached hydrogen (secondary N) is 1. The van der Waals surface area contributed by atoms with Crippen molar-refractivity contribution in [3.63, 3.8) is 0 Å². The second-order valence-electron chi connectivity index (χ2n) is 3.86. The molecule has 0 aliphatic carbocycles. The van der Waals surface area contributed by atoms with Crippen LogP contribution in [0.5, 0.6) is 0 Å². The van der Waals surface area contributed by atoms with Gasteiger partial charge in [0, 0.05) is 42.6 Å². The summed E-state index contributed by atoms with van der Waals surface area (Å²) in [5, 5.41) is 0. The molecular formula is C11H23IN2O. The van der Waals surface area contributed by atoms with Crippen LogP contribution in [-0.2, 0) is 4.74 Å². The van der Waals surface area contributed by atoms with Gasteiger partial charge in [0.1, 0.15) is 0 Å². The molecule has 0 saturated heterocycles. The Balaban J connectivity index is 3.49. The van der Waals surface area contributed by atoms with E-state index in [9.17, 15) is 0 Å². The lowest BCUT2D eigenvalue weighted by Gasteiger charge is -2.08. The van der Waals surface area contributed by atoms with E-state index in [1.165, 1.54) is 12.8 Å². The van der Waals surface area contributed by atoms with Gasteiger partial charge in [-0.1, -0.05) is 25.5 Å². The summed E-state index contributed by atoms with van der Waals surface area (Å²) in [6, 6.07) is 0.193. The molecule has 0 aliphatic heterocycles. The zero-order valence-corrected chi connectivity index (χ0v) is 11.9. The van der Waals surface area contributed by atoms with Crippen molar-refractivity contribution < 1.29 is 4.74 Å². The van der Waals surface area contributed by atoms with Gasteiger partial charge >= 0.3 is 0 Å². The van der Waals surface area contributed by atoms with E-state index in [2.05, 4.69) is 45.5 Å². The molecule has 3 nitrogen and oxygen atoms in total. The van der Waals surface area contributed by atoms with E-state index in [0.29, 0.717) is 5.92 Å². The third-order valence-corrected chi connectivity index (χ3v) is 2.71. The Kier molecular flexibility index (Phi) is 11.1. The zero-order valence-electron chi connectivity index (χ0n) is 9.71. The van der Waals surface area contributed by atoms with Crippen LogP contribution in [-0.4, -0.2) is 26.3 Å². The molecule has 90 valence electrons. The summed E-state index contributed by atoms with van der Waals surface area (Å²) in [6.45, 7) is 3.96. The van der Waals surface area contributed by atoms with Crippen LogP contribution in [0, 0.1) is 5.92 Å². The van der Waals surface area contributed by atoms with Gasteiger partial charge in [-0.25, -0.2) is 0 Å². The number of ether oxygens (including phenoxy) is 1. The molecule has 15 heavy (non-hydrogen) atoms. The number of hydrogen-bond donors (Lipinski definition) is 2. The number of halogens is 1. The minimum absolute atomic E-state index is 0.193. The molecule has 0 spiro atoms.